The maximum atomic E-state index is 12.7. The molecule has 0 spiro atoms. The first-order valence-electron chi connectivity index (χ1n) is 12.2. The molecule has 1 aromatic carbocycles. The number of nitrogens with zero attached hydrogens (tertiary/aromatic N) is 3. The van der Waals surface area contributed by atoms with Crippen molar-refractivity contribution in [3.8, 4) is 22.8 Å². The highest BCUT2D eigenvalue weighted by atomic mass is 16.4. The van der Waals surface area contributed by atoms with E-state index < -0.39 is 0 Å². The van der Waals surface area contributed by atoms with Crippen LogP contribution in [-0.4, -0.2) is 44.1 Å². The van der Waals surface area contributed by atoms with E-state index in [0.717, 1.165) is 18.4 Å². The Bertz CT molecular complexity index is 1210. The molecule has 1 atom stereocenters. The predicted molar refractivity (Wildman–Crippen MR) is 124 cm³/mol. The second-order valence-electron chi connectivity index (χ2n) is 9.89. The first-order chi connectivity index (χ1) is 16.5. The number of hydrogen-bond donors (Lipinski definition) is 3. The van der Waals surface area contributed by atoms with Crippen LogP contribution in [0.25, 0.3) is 22.8 Å². The van der Waals surface area contributed by atoms with E-state index >= 15 is 0 Å². The zero-order chi connectivity index (χ0) is 23.2. The molecule has 3 aliphatic carbocycles. The fourth-order valence-electron chi connectivity index (χ4n) is 4.54. The number of hydrogen-bond acceptors (Lipinski definition) is 6. The lowest BCUT2D eigenvalue weighted by atomic mass is 10.1. The number of amides is 2. The van der Waals surface area contributed by atoms with Crippen LogP contribution in [0.3, 0.4) is 0 Å². The lowest BCUT2D eigenvalue weighted by molar-refractivity contribution is 0.0897. The summed E-state index contributed by atoms with van der Waals surface area (Å²) in [6.07, 6.45) is 8.56. The maximum absolute atomic E-state index is 12.7. The molecule has 34 heavy (non-hydrogen) atoms. The Morgan fingerprint density at radius 3 is 2.41 bits per heavy atom. The third-order valence-corrected chi connectivity index (χ3v) is 7.04. The Morgan fingerprint density at radius 1 is 1.00 bits per heavy atom. The molecule has 9 nitrogen and oxygen atoms in total. The molecule has 2 heterocycles. The molecule has 0 radical (unpaired) electrons. The quantitative estimate of drug-likeness (QED) is 0.448. The van der Waals surface area contributed by atoms with E-state index in [2.05, 4.69) is 30.8 Å². The third kappa shape index (κ3) is 4.47. The van der Waals surface area contributed by atoms with E-state index in [-0.39, 0.29) is 35.5 Å². The smallest absolute Gasteiger partial charge is 0.288 e. The Kier molecular flexibility index (Phi) is 5.19. The standard InChI is InChI=1S/C25H28N6O3/c1-13(14-5-6-14)27-24(33)22-29-21(30-31-22)17-3-2-4-18(11-17)25-26-12-19(34-25)23(32)28-20(15-7-8-15)16-9-10-16/h2-4,11-16,20H,5-10H2,1H3,(H,27,33)(H,28,32)(H,29,30,31)/t13-/m0/s1. The summed E-state index contributed by atoms with van der Waals surface area (Å²) in [6.45, 7) is 2.01. The van der Waals surface area contributed by atoms with E-state index in [1.54, 1.807) is 0 Å². The Labute approximate surface area is 197 Å². The molecule has 2 amide bonds. The van der Waals surface area contributed by atoms with Gasteiger partial charge in [-0.3, -0.25) is 14.7 Å². The second-order valence-corrected chi connectivity index (χ2v) is 9.89. The number of aromatic amines is 1. The minimum atomic E-state index is -0.256. The summed E-state index contributed by atoms with van der Waals surface area (Å²) >= 11 is 0. The van der Waals surface area contributed by atoms with Crippen molar-refractivity contribution in [2.75, 3.05) is 0 Å². The van der Waals surface area contributed by atoms with E-state index in [1.165, 1.54) is 31.9 Å². The molecule has 9 heteroatoms. The van der Waals surface area contributed by atoms with Gasteiger partial charge in [0.05, 0.1) is 6.20 Å². The molecule has 2 aromatic heterocycles. The van der Waals surface area contributed by atoms with Crippen molar-refractivity contribution >= 4 is 11.8 Å². The van der Waals surface area contributed by atoms with Crippen LogP contribution in [0, 0.1) is 17.8 Å². The lowest BCUT2D eigenvalue weighted by Gasteiger charge is -2.16. The molecule has 0 saturated heterocycles. The molecule has 0 unspecified atom stereocenters. The first kappa shape index (κ1) is 21.1. The number of oxazole rings is 1. The molecule has 3 saturated carbocycles. The monoisotopic (exact) mass is 460 g/mol. The van der Waals surface area contributed by atoms with Crippen LogP contribution in [0.4, 0.5) is 0 Å². The summed E-state index contributed by atoms with van der Waals surface area (Å²) in [7, 11) is 0. The normalized spacial score (nSPS) is 18.6. The van der Waals surface area contributed by atoms with Crippen LogP contribution in [0.15, 0.2) is 34.9 Å². The third-order valence-electron chi connectivity index (χ3n) is 7.04. The number of carbonyl (C=O) groups excluding carboxylic acids is 2. The topological polar surface area (TPSA) is 126 Å². The zero-order valence-electron chi connectivity index (χ0n) is 19.1. The summed E-state index contributed by atoms with van der Waals surface area (Å²) < 4.78 is 5.80. The Balaban J connectivity index is 1.15. The van der Waals surface area contributed by atoms with E-state index in [1.807, 2.05) is 31.2 Å². The highest BCUT2D eigenvalue weighted by molar-refractivity contribution is 5.92. The van der Waals surface area contributed by atoms with E-state index in [4.69, 9.17) is 4.42 Å². The largest absolute Gasteiger partial charge is 0.431 e. The highest BCUT2D eigenvalue weighted by Gasteiger charge is 2.42. The molecule has 3 fully saturated rings. The number of nitrogens with one attached hydrogen (secondary N) is 3. The van der Waals surface area contributed by atoms with Crippen LogP contribution >= 0.6 is 0 Å². The van der Waals surface area contributed by atoms with Gasteiger partial charge in [0.15, 0.2) is 5.82 Å². The fraction of sp³-hybridized carbons (Fsp3) is 0.480. The van der Waals surface area contributed by atoms with Crippen LogP contribution in [-0.2, 0) is 0 Å². The van der Waals surface area contributed by atoms with Crippen molar-refractivity contribution in [1.82, 2.24) is 30.8 Å². The summed E-state index contributed by atoms with van der Waals surface area (Å²) in [5.74, 6) is 2.49. The summed E-state index contributed by atoms with van der Waals surface area (Å²) in [4.78, 5) is 33.9. The van der Waals surface area contributed by atoms with Crippen molar-refractivity contribution in [1.29, 1.82) is 0 Å². The van der Waals surface area contributed by atoms with Crippen LogP contribution in [0.1, 0.15) is 66.6 Å². The van der Waals surface area contributed by atoms with Crippen molar-refractivity contribution in [3.05, 3.63) is 42.0 Å². The SMILES string of the molecule is C[C@H](NC(=O)c1nc(-c2cccc(-c3ncc(C(=O)NC(C4CC4)C4CC4)o3)c2)n[nH]1)C1CC1. The Morgan fingerprint density at radius 2 is 1.71 bits per heavy atom. The fourth-order valence-corrected chi connectivity index (χ4v) is 4.54. The number of aromatic nitrogens is 4. The van der Waals surface area contributed by atoms with Gasteiger partial charge in [-0.15, -0.1) is 0 Å². The van der Waals surface area contributed by atoms with Gasteiger partial charge in [-0.2, -0.15) is 5.10 Å². The van der Waals surface area contributed by atoms with Gasteiger partial charge in [0.2, 0.25) is 17.5 Å². The van der Waals surface area contributed by atoms with Gasteiger partial charge in [0, 0.05) is 23.2 Å². The number of H-pyrrole nitrogens is 1. The first-order valence-corrected chi connectivity index (χ1v) is 12.2. The molecule has 3 aromatic rings. The molecule has 3 aliphatic rings. The van der Waals surface area contributed by atoms with Crippen LogP contribution < -0.4 is 10.6 Å². The molecule has 0 bridgehead atoms. The number of carbonyl (C=O) groups is 2. The number of benzene rings is 1. The van der Waals surface area contributed by atoms with Crippen molar-refractivity contribution in [2.45, 2.75) is 57.5 Å². The minimum absolute atomic E-state index is 0.129. The van der Waals surface area contributed by atoms with Crippen LogP contribution in [0.2, 0.25) is 0 Å². The maximum Gasteiger partial charge on any atom is 0.288 e. The van der Waals surface area contributed by atoms with Crippen molar-refractivity contribution in [3.63, 3.8) is 0 Å². The van der Waals surface area contributed by atoms with Gasteiger partial charge in [-0.05, 0) is 75.3 Å². The highest BCUT2D eigenvalue weighted by Crippen LogP contribution is 2.44. The van der Waals surface area contributed by atoms with Gasteiger partial charge in [0.25, 0.3) is 11.8 Å². The minimum Gasteiger partial charge on any atom is -0.431 e. The summed E-state index contributed by atoms with van der Waals surface area (Å²) in [5, 5.41) is 13.1. The van der Waals surface area contributed by atoms with Crippen molar-refractivity contribution in [2.24, 2.45) is 17.8 Å². The van der Waals surface area contributed by atoms with E-state index in [0.29, 0.717) is 35.0 Å². The molecular formula is C25H28N6O3. The van der Waals surface area contributed by atoms with Gasteiger partial charge < -0.3 is 15.1 Å². The molecular weight excluding hydrogens is 432 g/mol. The zero-order valence-corrected chi connectivity index (χ0v) is 19.1. The van der Waals surface area contributed by atoms with Gasteiger partial charge >= 0.3 is 0 Å². The van der Waals surface area contributed by atoms with Gasteiger partial charge in [-0.1, -0.05) is 12.1 Å². The second kappa shape index (κ2) is 8.38. The average molecular weight is 461 g/mol. The molecule has 176 valence electrons. The lowest BCUT2D eigenvalue weighted by Crippen LogP contribution is -2.37. The molecule has 3 N–H and O–H groups in total. The predicted octanol–water partition coefficient (Wildman–Crippen LogP) is 3.57. The van der Waals surface area contributed by atoms with Gasteiger partial charge in [0.1, 0.15) is 0 Å². The average Bonchev–Trinajstić information content (AvgIpc) is 3.75. The molecule has 0 aliphatic heterocycles. The Hall–Kier alpha value is -3.49. The summed E-state index contributed by atoms with van der Waals surface area (Å²) in [6, 6.07) is 7.77. The van der Waals surface area contributed by atoms with Gasteiger partial charge in [-0.25, -0.2) is 9.97 Å². The van der Waals surface area contributed by atoms with E-state index in [9.17, 15) is 9.59 Å². The number of rotatable bonds is 9. The van der Waals surface area contributed by atoms with Crippen LogP contribution in [0.5, 0.6) is 0 Å². The molecule has 6 rings (SSSR count). The van der Waals surface area contributed by atoms with Crippen molar-refractivity contribution < 1.29 is 14.0 Å². The summed E-state index contributed by atoms with van der Waals surface area (Å²) in [5.41, 5.74) is 1.42.